The van der Waals surface area contributed by atoms with Crippen LogP contribution in [0.5, 0.6) is 0 Å². The predicted molar refractivity (Wildman–Crippen MR) is 164 cm³/mol. The number of aliphatic hydroxyl groups excluding tert-OH is 5. The molecular formula is C34H39NO12. The first-order valence-corrected chi connectivity index (χ1v) is 15.6. The van der Waals surface area contributed by atoms with Gasteiger partial charge in [-0.05, 0) is 34.9 Å². The van der Waals surface area contributed by atoms with E-state index >= 15 is 0 Å². The molecule has 0 radical (unpaired) electrons. The third-order valence-corrected chi connectivity index (χ3v) is 8.83. The smallest absolute Gasteiger partial charge is 0.338 e. The van der Waals surface area contributed by atoms with Gasteiger partial charge >= 0.3 is 5.97 Å². The number of hydrogen-bond donors (Lipinski definition) is 6. The number of aliphatic hydroxyl groups is 5. The summed E-state index contributed by atoms with van der Waals surface area (Å²) >= 11 is 0. The molecule has 1 amide bonds. The van der Waals surface area contributed by atoms with E-state index in [1.54, 1.807) is 42.5 Å². The highest BCUT2D eigenvalue weighted by atomic mass is 16.8. The lowest BCUT2D eigenvalue weighted by Gasteiger charge is -2.39. The standard InChI is InChI=1S/C34H39NO12/c36-12-11-35-31(41)23-14-24(30-25(15-23)46-34(47-30)16-21-5-1-2-6-22(21)17-34)44-32(42)20-9-7-19(8-10-20)4-3-13-43-33-29(40)28(39)27(38)26(18-37)45-33/h1-10,15,24-30,33,36-40H,11-14,16-18H2,(H,35,41). The Morgan fingerprint density at radius 1 is 0.957 bits per heavy atom. The minimum absolute atomic E-state index is 0.00685. The topological polar surface area (TPSA) is 193 Å². The van der Waals surface area contributed by atoms with Gasteiger partial charge in [-0.15, -0.1) is 0 Å². The second-order valence-corrected chi connectivity index (χ2v) is 12.1. The van der Waals surface area contributed by atoms with Gasteiger partial charge in [0.15, 0.2) is 12.1 Å². The van der Waals surface area contributed by atoms with E-state index in [-0.39, 0.29) is 32.1 Å². The minimum Gasteiger partial charge on any atom is -0.456 e. The molecular weight excluding hydrogens is 614 g/mol. The molecule has 2 saturated heterocycles. The first kappa shape index (κ1) is 33.4. The second-order valence-electron chi connectivity index (χ2n) is 12.1. The lowest BCUT2D eigenvalue weighted by atomic mass is 9.91. The maximum absolute atomic E-state index is 13.3. The Morgan fingerprint density at radius 2 is 1.68 bits per heavy atom. The van der Waals surface area contributed by atoms with Crippen LogP contribution in [0.3, 0.4) is 0 Å². The van der Waals surface area contributed by atoms with E-state index in [0.717, 1.165) is 16.7 Å². The number of benzene rings is 2. The third-order valence-electron chi connectivity index (χ3n) is 8.83. The Kier molecular flexibility index (Phi) is 10.2. The summed E-state index contributed by atoms with van der Waals surface area (Å²) in [6, 6.07) is 14.6. The van der Waals surface area contributed by atoms with Crippen molar-refractivity contribution in [3.63, 3.8) is 0 Å². The first-order chi connectivity index (χ1) is 22.7. The Hall–Kier alpha value is -3.50. The van der Waals surface area contributed by atoms with Crippen molar-refractivity contribution in [2.75, 3.05) is 26.4 Å². The zero-order chi connectivity index (χ0) is 33.1. The van der Waals surface area contributed by atoms with Gasteiger partial charge in [-0.25, -0.2) is 4.79 Å². The summed E-state index contributed by atoms with van der Waals surface area (Å²) in [5.74, 6) is -1.88. The Bertz CT molecular complexity index is 1470. The molecule has 8 atom stereocenters. The van der Waals surface area contributed by atoms with Crippen LogP contribution >= 0.6 is 0 Å². The fourth-order valence-electron chi connectivity index (χ4n) is 6.42. The molecule has 0 bridgehead atoms. The average molecular weight is 654 g/mol. The molecule has 2 aliphatic carbocycles. The summed E-state index contributed by atoms with van der Waals surface area (Å²) in [6.07, 6.45) is -2.53. The van der Waals surface area contributed by atoms with Gasteiger partial charge in [0.25, 0.3) is 0 Å². The van der Waals surface area contributed by atoms with Crippen molar-refractivity contribution >= 4 is 18.0 Å². The molecule has 8 unspecified atom stereocenters. The summed E-state index contributed by atoms with van der Waals surface area (Å²) in [5.41, 5.74) is 3.66. The highest BCUT2D eigenvalue weighted by Crippen LogP contribution is 2.45. The predicted octanol–water partition coefficient (Wildman–Crippen LogP) is -0.241. The van der Waals surface area contributed by atoms with Crippen LogP contribution in [0, 0.1) is 0 Å². The van der Waals surface area contributed by atoms with Gasteiger partial charge in [0, 0.05) is 31.4 Å². The molecule has 2 aromatic carbocycles. The zero-order valence-electron chi connectivity index (χ0n) is 25.5. The van der Waals surface area contributed by atoms with Crippen molar-refractivity contribution in [1.82, 2.24) is 5.32 Å². The number of esters is 1. The maximum atomic E-state index is 13.3. The number of rotatable bonds is 10. The van der Waals surface area contributed by atoms with Crippen LogP contribution in [-0.2, 0) is 41.3 Å². The number of nitrogens with one attached hydrogen (secondary N) is 1. The minimum atomic E-state index is -1.53. The zero-order valence-corrected chi connectivity index (χ0v) is 25.5. The van der Waals surface area contributed by atoms with Crippen LogP contribution in [0.4, 0.5) is 0 Å². The van der Waals surface area contributed by atoms with Crippen LogP contribution < -0.4 is 5.32 Å². The van der Waals surface area contributed by atoms with Crippen LogP contribution in [0.15, 0.2) is 66.3 Å². The number of ether oxygens (including phenoxy) is 5. The van der Waals surface area contributed by atoms with Crippen molar-refractivity contribution in [1.29, 1.82) is 0 Å². The summed E-state index contributed by atoms with van der Waals surface area (Å²) in [6.45, 7) is -0.675. The molecule has 2 aliphatic heterocycles. The van der Waals surface area contributed by atoms with E-state index in [1.165, 1.54) is 0 Å². The number of amides is 1. The van der Waals surface area contributed by atoms with Crippen molar-refractivity contribution in [3.8, 4) is 0 Å². The molecule has 13 nitrogen and oxygen atoms in total. The Balaban J connectivity index is 1.08. The summed E-state index contributed by atoms with van der Waals surface area (Å²) in [5, 5.41) is 51.0. The average Bonchev–Trinajstić information content (AvgIpc) is 3.63. The van der Waals surface area contributed by atoms with Gasteiger partial charge in [0.2, 0.25) is 5.91 Å². The van der Waals surface area contributed by atoms with Gasteiger partial charge in [0.1, 0.15) is 42.7 Å². The fraction of sp³-hybridized carbons (Fsp3) is 0.471. The molecule has 0 aromatic heterocycles. The van der Waals surface area contributed by atoms with Crippen molar-refractivity contribution in [2.24, 2.45) is 0 Å². The number of carbonyl (C=O) groups is 2. The van der Waals surface area contributed by atoms with Crippen molar-refractivity contribution in [3.05, 3.63) is 88.5 Å². The van der Waals surface area contributed by atoms with Crippen LogP contribution in [-0.4, -0.2) is 119 Å². The molecule has 2 heterocycles. The highest BCUT2D eigenvalue weighted by Gasteiger charge is 2.55. The van der Waals surface area contributed by atoms with Crippen LogP contribution in [0.25, 0.3) is 6.08 Å². The third kappa shape index (κ3) is 7.18. The molecule has 2 aromatic rings. The van der Waals surface area contributed by atoms with Gasteiger partial charge < -0.3 is 54.5 Å². The Labute approximate surface area is 271 Å². The summed E-state index contributed by atoms with van der Waals surface area (Å²) < 4.78 is 29.7. The number of hydrogen-bond acceptors (Lipinski definition) is 12. The van der Waals surface area contributed by atoms with E-state index in [1.807, 2.05) is 24.3 Å². The van der Waals surface area contributed by atoms with E-state index in [0.29, 0.717) is 24.0 Å². The summed E-state index contributed by atoms with van der Waals surface area (Å²) in [7, 11) is 0. The van der Waals surface area contributed by atoms with Crippen LogP contribution in [0.2, 0.25) is 0 Å². The lowest BCUT2D eigenvalue weighted by Crippen LogP contribution is -2.59. The normalized spacial score (nSPS) is 31.0. The molecule has 6 N–H and O–H groups in total. The number of carbonyl (C=O) groups excluding carboxylic acids is 2. The lowest BCUT2D eigenvalue weighted by molar-refractivity contribution is -0.298. The van der Waals surface area contributed by atoms with Crippen LogP contribution in [0.1, 0.15) is 33.5 Å². The fourth-order valence-corrected chi connectivity index (χ4v) is 6.42. The SMILES string of the molecule is O=C(NCCO)C1=CC2OC3(Cc4ccccc4C3)OC2C(OC(=O)c2ccc(C=CCOC3OC(CO)C(O)C(O)C3O)cc2)C1. The molecule has 6 rings (SSSR count). The molecule has 1 spiro atoms. The highest BCUT2D eigenvalue weighted by molar-refractivity contribution is 5.94. The van der Waals surface area contributed by atoms with E-state index in [2.05, 4.69) is 5.32 Å². The van der Waals surface area contributed by atoms with Gasteiger partial charge in [0.05, 0.1) is 25.4 Å². The second kappa shape index (κ2) is 14.3. The van der Waals surface area contributed by atoms with E-state index < -0.39 is 67.4 Å². The maximum Gasteiger partial charge on any atom is 0.338 e. The Morgan fingerprint density at radius 3 is 2.36 bits per heavy atom. The van der Waals surface area contributed by atoms with Crippen molar-refractivity contribution < 1.29 is 58.8 Å². The molecule has 0 saturated carbocycles. The molecule has 4 aliphatic rings. The van der Waals surface area contributed by atoms with E-state index in [4.69, 9.17) is 28.8 Å². The molecule has 13 heteroatoms. The van der Waals surface area contributed by atoms with Gasteiger partial charge in [-0.1, -0.05) is 48.6 Å². The first-order valence-electron chi connectivity index (χ1n) is 15.6. The van der Waals surface area contributed by atoms with Gasteiger partial charge in [-0.3, -0.25) is 4.79 Å². The van der Waals surface area contributed by atoms with E-state index in [9.17, 15) is 30.0 Å². The van der Waals surface area contributed by atoms with Crippen molar-refractivity contribution in [2.45, 2.75) is 74.1 Å². The quantitative estimate of drug-likeness (QED) is 0.185. The summed E-state index contributed by atoms with van der Waals surface area (Å²) in [4.78, 5) is 26.2. The van der Waals surface area contributed by atoms with Gasteiger partial charge in [-0.2, -0.15) is 0 Å². The molecule has 2 fully saturated rings. The largest absolute Gasteiger partial charge is 0.456 e. The number of fused-ring (bicyclic) bond motifs is 2. The molecule has 252 valence electrons. The monoisotopic (exact) mass is 653 g/mol. The molecule has 47 heavy (non-hydrogen) atoms.